The molecule has 0 radical (unpaired) electrons. The van der Waals surface area contributed by atoms with E-state index in [1.54, 1.807) is 0 Å². The second kappa shape index (κ2) is 5.54. The minimum Gasteiger partial charge on any atom is -0.388 e. The SMILES string of the molecule is CC[C@@H](O)c1ccccc1N(C)C1CCCC1. The van der Waals surface area contributed by atoms with Gasteiger partial charge in [0.1, 0.15) is 0 Å². The number of hydrogen-bond donors (Lipinski definition) is 1. The molecule has 0 heterocycles. The Hall–Kier alpha value is -1.02. The Balaban J connectivity index is 2.24. The number of aliphatic hydroxyl groups excluding tert-OH is 1. The fourth-order valence-electron chi connectivity index (χ4n) is 2.80. The Morgan fingerprint density at radius 3 is 2.59 bits per heavy atom. The fraction of sp³-hybridized carbons (Fsp3) is 0.600. The van der Waals surface area contributed by atoms with Gasteiger partial charge < -0.3 is 10.0 Å². The van der Waals surface area contributed by atoms with Gasteiger partial charge in [0, 0.05) is 24.3 Å². The van der Waals surface area contributed by atoms with Crippen molar-refractivity contribution in [2.24, 2.45) is 0 Å². The molecule has 0 saturated heterocycles. The van der Waals surface area contributed by atoms with Crippen molar-refractivity contribution in [2.75, 3.05) is 11.9 Å². The van der Waals surface area contributed by atoms with Gasteiger partial charge in [0.15, 0.2) is 0 Å². The second-order valence-electron chi connectivity index (χ2n) is 5.03. The van der Waals surface area contributed by atoms with E-state index in [1.807, 2.05) is 13.0 Å². The van der Waals surface area contributed by atoms with Crippen molar-refractivity contribution in [3.63, 3.8) is 0 Å². The van der Waals surface area contributed by atoms with Crippen molar-refractivity contribution in [1.29, 1.82) is 0 Å². The van der Waals surface area contributed by atoms with Crippen LogP contribution in [0.15, 0.2) is 24.3 Å². The van der Waals surface area contributed by atoms with E-state index in [1.165, 1.54) is 31.4 Å². The summed E-state index contributed by atoms with van der Waals surface area (Å²) in [4.78, 5) is 2.36. The first-order valence-corrected chi connectivity index (χ1v) is 6.74. The van der Waals surface area contributed by atoms with Gasteiger partial charge in [-0.3, -0.25) is 0 Å². The maximum Gasteiger partial charge on any atom is 0.0807 e. The summed E-state index contributed by atoms with van der Waals surface area (Å²) >= 11 is 0. The largest absolute Gasteiger partial charge is 0.388 e. The molecular weight excluding hydrogens is 210 g/mol. The summed E-state index contributed by atoms with van der Waals surface area (Å²) < 4.78 is 0. The summed E-state index contributed by atoms with van der Waals surface area (Å²) in [6, 6.07) is 8.91. The molecular formula is C15H23NO. The van der Waals surface area contributed by atoms with E-state index in [9.17, 15) is 5.11 Å². The van der Waals surface area contributed by atoms with Crippen molar-refractivity contribution in [2.45, 2.75) is 51.2 Å². The van der Waals surface area contributed by atoms with Crippen LogP contribution in [0.3, 0.4) is 0 Å². The van der Waals surface area contributed by atoms with Gasteiger partial charge in [-0.25, -0.2) is 0 Å². The smallest absolute Gasteiger partial charge is 0.0807 e. The topological polar surface area (TPSA) is 23.5 Å². The van der Waals surface area contributed by atoms with E-state index in [0.29, 0.717) is 6.04 Å². The molecule has 1 aliphatic rings. The lowest BCUT2D eigenvalue weighted by Crippen LogP contribution is -2.29. The molecule has 17 heavy (non-hydrogen) atoms. The molecule has 0 bridgehead atoms. The number of rotatable bonds is 4. The number of anilines is 1. The third-order valence-corrected chi connectivity index (χ3v) is 3.93. The van der Waals surface area contributed by atoms with Gasteiger partial charge in [-0.2, -0.15) is 0 Å². The number of nitrogens with zero attached hydrogens (tertiary/aromatic N) is 1. The number of para-hydroxylation sites is 1. The van der Waals surface area contributed by atoms with E-state index >= 15 is 0 Å². The third-order valence-electron chi connectivity index (χ3n) is 3.93. The lowest BCUT2D eigenvalue weighted by Gasteiger charge is -2.29. The standard InChI is InChI=1S/C15H23NO/c1-3-15(17)13-10-6-7-11-14(13)16(2)12-8-4-5-9-12/h6-7,10-12,15,17H,3-5,8-9H2,1-2H3/t15-/m1/s1. The van der Waals surface area contributed by atoms with E-state index in [4.69, 9.17) is 0 Å². The zero-order valence-corrected chi connectivity index (χ0v) is 10.9. The Morgan fingerprint density at radius 1 is 1.29 bits per heavy atom. The third kappa shape index (κ3) is 2.63. The van der Waals surface area contributed by atoms with Gasteiger partial charge in [-0.1, -0.05) is 38.0 Å². The molecule has 2 heteroatoms. The van der Waals surface area contributed by atoms with Gasteiger partial charge in [-0.15, -0.1) is 0 Å². The number of benzene rings is 1. The van der Waals surface area contributed by atoms with Crippen LogP contribution in [0, 0.1) is 0 Å². The predicted molar refractivity (Wildman–Crippen MR) is 72.4 cm³/mol. The molecule has 0 unspecified atom stereocenters. The molecule has 1 N–H and O–H groups in total. The van der Waals surface area contributed by atoms with Crippen molar-refractivity contribution >= 4 is 5.69 Å². The van der Waals surface area contributed by atoms with Crippen LogP contribution in [-0.2, 0) is 0 Å². The Kier molecular flexibility index (Phi) is 4.06. The van der Waals surface area contributed by atoms with Crippen molar-refractivity contribution in [1.82, 2.24) is 0 Å². The molecule has 2 rings (SSSR count). The summed E-state index contributed by atoms with van der Waals surface area (Å²) in [5.74, 6) is 0. The van der Waals surface area contributed by atoms with Crippen molar-refractivity contribution in [3.05, 3.63) is 29.8 Å². The van der Waals surface area contributed by atoms with Crippen LogP contribution in [0.25, 0.3) is 0 Å². The highest BCUT2D eigenvalue weighted by Crippen LogP contribution is 2.32. The summed E-state index contributed by atoms with van der Waals surface area (Å²) in [7, 11) is 2.16. The average Bonchev–Trinajstić information content (AvgIpc) is 2.91. The minimum atomic E-state index is -0.338. The summed E-state index contributed by atoms with van der Waals surface area (Å²) in [6.45, 7) is 2.02. The monoisotopic (exact) mass is 233 g/mol. The number of aliphatic hydroxyl groups is 1. The molecule has 0 aliphatic heterocycles. The maximum absolute atomic E-state index is 10.1. The Morgan fingerprint density at radius 2 is 1.94 bits per heavy atom. The van der Waals surface area contributed by atoms with E-state index in [-0.39, 0.29) is 6.10 Å². The van der Waals surface area contributed by atoms with Crippen molar-refractivity contribution in [3.8, 4) is 0 Å². The van der Waals surface area contributed by atoms with Crippen LogP contribution in [0.5, 0.6) is 0 Å². The molecule has 1 aromatic rings. The van der Waals surface area contributed by atoms with Crippen LogP contribution in [0.4, 0.5) is 5.69 Å². The summed E-state index contributed by atoms with van der Waals surface area (Å²) in [5.41, 5.74) is 2.28. The lowest BCUT2D eigenvalue weighted by atomic mass is 10.0. The first-order chi connectivity index (χ1) is 8.24. The highest BCUT2D eigenvalue weighted by molar-refractivity contribution is 5.55. The molecule has 0 aromatic heterocycles. The molecule has 1 saturated carbocycles. The quantitative estimate of drug-likeness (QED) is 0.860. The molecule has 94 valence electrons. The second-order valence-corrected chi connectivity index (χ2v) is 5.03. The van der Waals surface area contributed by atoms with Crippen LogP contribution in [0.1, 0.15) is 50.7 Å². The first kappa shape index (κ1) is 12.4. The molecule has 1 atom stereocenters. The highest BCUT2D eigenvalue weighted by atomic mass is 16.3. The zero-order chi connectivity index (χ0) is 12.3. The molecule has 0 spiro atoms. The number of hydrogen-bond acceptors (Lipinski definition) is 2. The molecule has 1 fully saturated rings. The van der Waals surface area contributed by atoms with Crippen LogP contribution in [0.2, 0.25) is 0 Å². The zero-order valence-electron chi connectivity index (χ0n) is 10.9. The van der Waals surface area contributed by atoms with Crippen LogP contribution in [-0.4, -0.2) is 18.2 Å². The average molecular weight is 233 g/mol. The van der Waals surface area contributed by atoms with E-state index in [0.717, 1.165) is 12.0 Å². The van der Waals surface area contributed by atoms with Gasteiger partial charge in [0.05, 0.1) is 6.10 Å². The van der Waals surface area contributed by atoms with Gasteiger partial charge in [0.2, 0.25) is 0 Å². The Labute approximate surface area is 104 Å². The molecule has 2 nitrogen and oxygen atoms in total. The Bertz CT molecular complexity index is 358. The van der Waals surface area contributed by atoms with Crippen molar-refractivity contribution < 1.29 is 5.11 Å². The summed E-state index contributed by atoms with van der Waals surface area (Å²) in [5, 5.41) is 10.1. The first-order valence-electron chi connectivity index (χ1n) is 6.74. The predicted octanol–water partition coefficient (Wildman–Crippen LogP) is 3.51. The molecule has 1 aliphatic carbocycles. The van der Waals surface area contributed by atoms with Crippen LogP contribution >= 0.6 is 0 Å². The summed E-state index contributed by atoms with van der Waals surface area (Å²) in [6.07, 6.45) is 5.69. The van der Waals surface area contributed by atoms with Gasteiger partial charge in [-0.05, 0) is 25.3 Å². The van der Waals surface area contributed by atoms with E-state index < -0.39 is 0 Å². The fourth-order valence-corrected chi connectivity index (χ4v) is 2.80. The maximum atomic E-state index is 10.1. The molecule has 0 amide bonds. The normalized spacial score (nSPS) is 18.3. The molecule has 1 aromatic carbocycles. The van der Waals surface area contributed by atoms with E-state index in [2.05, 4.69) is 30.1 Å². The van der Waals surface area contributed by atoms with Crippen LogP contribution < -0.4 is 4.90 Å². The lowest BCUT2D eigenvalue weighted by molar-refractivity contribution is 0.174. The van der Waals surface area contributed by atoms with Gasteiger partial charge >= 0.3 is 0 Å². The highest BCUT2D eigenvalue weighted by Gasteiger charge is 2.22. The van der Waals surface area contributed by atoms with Gasteiger partial charge in [0.25, 0.3) is 0 Å². The minimum absolute atomic E-state index is 0.338.